The molecule has 6 heteroatoms. The Hall–Kier alpha value is -2.08. The average Bonchev–Trinajstić information content (AvgIpc) is 2.47. The second-order valence-electron chi connectivity index (χ2n) is 4.35. The summed E-state index contributed by atoms with van der Waals surface area (Å²) in [5.41, 5.74) is 1.57. The summed E-state index contributed by atoms with van der Waals surface area (Å²) < 4.78 is 6.05. The van der Waals surface area contributed by atoms with Gasteiger partial charge in [-0.05, 0) is 36.8 Å². The number of hydrogen-bond donors (Lipinski definition) is 1. The molecule has 0 bridgehead atoms. The molecule has 0 fully saturated rings. The van der Waals surface area contributed by atoms with Crippen LogP contribution in [-0.2, 0) is 6.54 Å². The van der Waals surface area contributed by atoms with E-state index in [1.54, 1.807) is 12.1 Å². The maximum atomic E-state index is 11.0. The minimum Gasteiger partial charge on any atom is -0.494 e. The number of nitrogens with one attached hydrogen (secondary N) is 1. The maximum Gasteiger partial charge on any atom is 0.293 e. The first-order valence-corrected chi connectivity index (χ1v) is 7.29. The molecule has 0 atom stereocenters. The van der Waals surface area contributed by atoms with Crippen LogP contribution in [-0.4, -0.2) is 11.5 Å². The van der Waals surface area contributed by atoms with Crippen LogP contribution in [0.15, 0.2) is 46.9 Å². The van der Waals surface area contributed by atoms with Crippen LogP contribution in [0.4, 0.5) is 11.4 Å². The van der Waals surface area contributed by atoms with Gasteiger partial charge in [-0.3, -0.25) is 10.1 Å². The lowest BCUT2D eigenvalue weighted by Crippen LogP contribution is -2.02. The van der Waals surface area contributed by atoms with Crippen molar-refractivity contribution in [3.05, 3.63) is 62.6 Å². The quantitative estimate of drug-likeness (QED) is 0.620. The SMILES string of the molecule is CCOc1ccc(CNc2ccc(Br)cc2[N+](=O)[O-])cc1. The van der Waals surface area contributed by atoms with Gasteiger partial charge in [-0.15, -0.1) is 0 Å². The van der Waals surface area contributed by atoms with Gasteiger partial charge in [0, 0.05) is 17.1 Å². The fourth-order valence-corrected chi connectivity index (χ4v) is 2.22. The smallest absolute Gasteiger partial charge is 0.293 e. The molecule has 110 valence electrons. The molecule has 0 amide bonds. The van der Waals surface area contributed by atoms with Crippen LogP contribution in [0.3, 0.4) is 0 Å². The summed E-state index contributed by atoms with van der Waals surface area (Å²) in [7, 11) is 0. The third kappa shape index (κ3) is 4.19. The molecule has 5 nitrogen and oxygen atoms in total. The minimum absolute atomic E-state index is 0.0512. The molecule has 1 N–H and O–H groups in total. The van der Waals surface area contributed by atoms with Gasteiger partial charge in [0.25, 0.3) is 5.69 Å². The summed E-state index contributed by atoms with van der Waals surface area (Å²) in [4.78, 5) is 10.6. The van der Waals surface area contributed by atoms with Crippen LogP contribution < -0.4 is 10.1 Å². The van der Waals surface area contributed by atoms with Crippen LogP contribution in [0.2, 0.25) is 0 Å². The van der Waals surface area contributed by atoms with Crippen molar-refractivity contribution in [3.63, 3.8) is 0 Å². The summed E-state index contributed by atoms with van der Waals surface area (Å²) in [6.45, 7) is 3.07. The summed E-state index contributed by atoms with van der Waals surface area (Å²) in [5, 5.41) is 14.1. The number of hydrogen-bond acceptors (Lipinski definition) is 4. The Morgan fingerprint density at radius 2 is 1.95 bits per heavy atom. The van der Waals surface area contributed by atoms with Crippen LogP contribution in [0.5, 0.6) is 5.75 Å². The normalized spacial score (nSPS) is 10.2. The molecule has 0 aromatic heterocycles. The van der Waals surface area contributed by atoms with Gasteiger partial charge in [-0.25, -0.2) is 0 Å². The predicted molar refractivity (Wildman–Crippen MR) is 85.7 cm³/mol. The zero-order valence-electron chi connectivity index (χ0n) is 11.5. The Labute approximate surface area is 131 Å². The summed E-state index contributed by atoms with van der Waals surface area (Å²) >= 11 is 3.24. The number of halogens is 1. The first kappa shape index (κ1) is 15.3. The van der Waals surface area contributed by atoms with Crippen molar-refractivity contribution in [1.29, 1.82) is 0 Å². The van der Waals surface area contributed by atoms with Gasteiger partial charge in [0.1, 0.15) is 11.4 Å². The molecule has 0 aliphatic heterocycles. The molecular formula is C15H15BrN2O3. The molecule has 0 aliphatic carbocycles. The van der Waals surface area contributed by atoms with E-state index >= 15 is 0 Å². The van der Waals surface area contributed by atoms with Gasteiger partial charge in [0.05, 0.1) is 11.5 Å². The van der Waals surface area contributed by atoms with E-state index < -0.39 is 4.92 Å². The van der Waals surface area contributed by atoms with E-state index in [1.807, 2.05) is 31.2 Å². The Kier molecular flexibility index (Phi) is 5.16. The molecule has 21 heavy (non-hydrogen) atoms. The molecule has 2 aromatic carbocycles. The highest BCUT2D eigenvalue weighted by atomic mass is 79.9. The number of nitro benzene ring substituents is 1. The molecule has 0 unspecified atom stereocenters. The Morgan fingerprint density at radius 3 is 2.57 bits per heavy atom. The molecular weight excluding hydrogens is 336 g/mol. The largest absolute Gasteiger partial charge is 0.494 e. The van der Waals surface area contributed by atoms with Crippen molar-refractivity contribution in [3.8, 4) is 5.75 Å². The van der Waals surface area contributed by atoms with Gasteiger partial charge in [0.2, 0.25) is 0 Å². The van der Waals surface area contributed by atoms with E-state index in [0.717, 1.165) is 11.3 Å². The molecule has 0 saturated carbocycles. The first-order valence-electron chi connectivity index (χ1n) is 6.49. The predicted octanol–water partition coefficient (Wildman–Crippen LogP) is 4.37. The van der Waals surface area contributed by atoms with E-state index in [2.05, 4.69) is 21.2 Å². The van der Waals surface area contributed by atoms with Crippen molar-refractivity contribution in [2.24, 2.45) is 0 Å². The van der Waals surface area contributed by atoms with Crippen molar-refractivity contribution >= 4 is 27.3 Å². The average molecular weight is 351 g/mol. The molecule has 0 spiro atoms. The number of rotatable bonds is 6. The van der Waals surface area contributed by atoms with Crippen LogP contribution >= 0.6 is 15.9 Å². The van der Waals surface area contributed by atoms with Gasteiger partial charge >= 0.3 is 0 Å². The number of nitro groups is 1. The van der Waals surface area contributed by atoms with E-state index in [0.29, 0.717) is 23.3 Å². The van der Waals surface area contributed by atoms with Gasteiger partial charge in [-0.1, -0.05) is 28.1 Å². The molecule has 2 rings (SSSR count). The van der Waals surface area contributed by atoms with Crippen LogP contribution in [0.25, 0.3) is 0 Å². The number of benzene rings is 2. The van der Waals surface area contributed by atoms with Crippen molar-refractivity contribution < 1.29 is 9.66 Å². The van der Waals surface area contributed by atoms with Gasteiger partial charge < -0.3 is 10.1 Å². The van der Waals surface area contributed by atoms with E-state index in [4.69, 9.17) is 4.74 Å². The monoisotopic (exact) mass is 350 g/mol. The van der Waals surface area contributed by atoms with E-state index in [9.17, 15) is 10.1 Å². The Morgan fingerprint density at radius 1 is 1.24 bits per heavy atom. The fourth-order valence-electron chi connectivity index (χ4n) is 1.87. The lowest BCUT2D eigenvalue weighted by atomic mass is 10.2. The third-order valence-corrected chi connectivity index (χ3v) is 3.37. The van der Waals surface area contributed by atoms with Crippen LogP contribution in [0, 0.1) is 10.1 Å². The Bertz CT molecular complexity index is 629. The summed E-state index contributed by atoms with van der Waals surface area (Å²) in [6, 6.07) is 12.6. The van der Waals surface area contributed by atoms with Gasteiger partial charge in [-0.2, -0.15) is 0 Å². The number of ether oxygens (including phenoxy) is 1. The molecule has 0 aliphatic rings. The highest BCUT2D eigenvalue weighted by Crippen LogP contribution is 2.28. The molecule has 0 saturated heterocycles. The molecule has 0 heterocycles. The lowest BCUT2D eigenvalue weighted by Gasteiger charge is -2.08. The Balaban J connectivity index is 2.07. The summed E-state index contributed by atoms with van der Waals surface area (Å²) in [5.74, 6) is 0.816. The fraction of sp³-hybridized carbons (Fsp3) is 0.200. The summed E-state index contributed by atoms with van der Waals surface area (Å²) in [6.07, 6.45) is 0. The number of anilines is 1. The first-order chi connectivity index (χ1) is 10.1. The van der Waals surface area contributed by atoms with E-state index in [1.165, 1.54) is 6.07 Å². The molecule has 2 aromatic rings. The standard InChI is InChI=1S/C15H15BrN2O3/c1-2-21-13-6-3-11(4-7-13)10-17-14-8-5-12(16)9-15(14)18(19)20/h3-9,17H,2,10H2,1H3. The van der Waals surface area contributed by atoms with E-state index in [-0.39, 0.29) is 5.69 Å². The lowest BCUT2D eigenvalue weighted by molar-refractivity contribution is -0.384. The van der Waals surface area contributed by atoms with Crippen LogP contribution in [0.1, 0.15) is 12.5 Å². The molecule has 0 radical (unpaired) electrons. The van der Waals surface area contributed by atoms with Crippen molar-refractivity contribution in [1.82, 2.24) is 0 Å². The highest BCUT2D eigenvalue weighted by molar-refractivity contribution is 9.10. The zero-order chi connectivity index (χ0) is 15.2. The third-order valence-electron chi connectivity index (χ3n) is 2.87. The topological polar surface area (TPSA) is 64.4 Å². The maximum absolute atomic E-state index is 11.0. The highest BCUT2D eigenvalue weighted by Gasteiger charge is 2.13. The number of nitrogens with zero attached hydrogens (tertiary/aromatic N) is 1. The van der Waals surface area contributed by atoms with Gasteiger partial charge in [0.15, 0.2) is 0 Å². The second-order valence-corrected chi connectivity index (χ2v) is 5.26. The van der Waals surface area contributed by atoms with Crippen molar-refractivity contribution in [2.75, 3.05) is 11.9 Å². The zero-order valence-corrected chi connectivity index (χ0v) is 13.1. The second kappa shape index (κ2) is 7.08. The minimum atomic E-state index is -0.398. The van der Waals surface area contributed by atoms with Crippen molar-refractivity contribution in [2.45, 2.75) is 13.5 Å².